The van der Waals surface area contributed by atoms with Gasteiger partial charge in [-0.2, -0.15) is 0 Å². The summed E-state index contributed by atoms with van der Waals surface area (Å²) in [5.74, 6) is -0.313. The van der Waals surface area contributed by atoms with Gasteiger partial charge in [-0.25, -0.2) is 0 Å². The minimum absolute atomic E-state index is 0.0459. The van der Waals surface area contributed by atoms with Crippen molar-refractivity contribution in [2.75, 3.05) is 13.1 Å². The average Bonchev–Trinajstić information content (AvgIpc) is 2.68. The highest BCUT2D eigenvalue weighted by Crippen LogP contribution is 2.28. The van der Waals surface area contributed by atoms with E-state index in [0.29, 0.717) is 6.54 Å². The van der Waals surface area contributed by atoms with Crippen molar-refractivity contribution in [2.24, 2.45) is 5.92 Å². The summed E-state index contributed by atoms with van der Waals surface area (Å²) in [7, 11) is 0. The van der Waals surface area contributed by atoms with Gasteiger partial charge in [0.05, 0.1) is 18.5 Å². The van der Waals surface area contributed by atoms with Crippen molar-refractivity contribution < 1.29 is 9.59 Å². The molecule has 2 saturated heterocycles. The average molecular weight is 260 g/mol. The number of hydrogen-bond donors (Lipinski definition) is 1. The Hall–Kier alpha value is -1.68. The van der Waals surface area contributed by atoms with Crippen LogP contribution in [0.25, 0.3) is 0 Å². The number of carbonyl (C=O) groups excluding carboxylic acids is 2. The summed E-state index contributed by atoms with van der Waals surface area (Å²) in [6.07, 6.45) is 9.11. The molecule has 2 aliphatic heterocycles. The standard InChI is InChI=1S/C15H20N2O2/c1-3-5-7-11(4-2)10-17-14(18)12-8-6-9-16-13(12)15(17)19/h3-5,7,12-13,16H,2,6,8-10H2,1H3/b5-3-,11-7+/t12-,13+/m1/s1. The van der Waals surface area contributed by atoms with Gasteiger partial charge in [-0.15, -0.1) is 0 Å². The number of rotatable bonds is 4. The molecule has 0 unspecified atom stereocenters. The molecule has 2 atom stereocenters. The van der Waals surface area contributed by atoms with Gasteiger partial charge in [-0.3, -0.25) is 14.5 Å². The van der Waals surface area contributed by atoms with E-state index in [0.717, 1.165) is 25.0 Å². The smallest absolute Gasteiger partial charge is 0.247 e. The van der Waals surface area contributed by atoms with Crippen LogP contribution in [0.2, 0.25) is 0 Å². The van der Waals surface area contributed by atoms with Crippen LogP contribution in [0.15, 0.2) is 36.5 Å². The van der Waals surface area contributed by atoms with Crippen molar-refractivity contribution in [1.29, 1.82) is 0 Å². The molecule has 0 saturated carbocycles. The van der Waals surface area contributed by atoms with Crippen LogP contribution in [0.4, 0.5) is 0 Å². The van der Waals surface area contributed by atoms with Crippen molar-refractivity contribution in [3.8, 4) is 0 Å². The van der Waals surface area contributed by atoms with Gasteiger partial charge in [-0.05, 0) is 31.9 Å². The zero-order valence-corrected chi connectivity index (χ0v) is 11.3. The summed E-state index contributed by atoms with van der Waals surface area (Å²) in [6, 6.07) is -0.311. The lowest BCUT2D eigenvalue weighted by molar-refractivity contribution is -0.139. The third-order valence-corrected chi connectivity index (χ3v) is 3.68. The Morgan fingerprint density at radius 3 is 2.89 bits per heavy atom. The summed E-state index contributed by atoms with van der Waals surface area (Å²) in [4.78, 5) is 25.9. The number of nitrogens with one attached hydrogen (secondary N) is 1. The minimum Gasteiger partial charge on any atom is -0.305 e. The summed E-state index contributed by atoms with van der Waals surface area (Å²) in [6.45, 7) is 6.78. The second-order valence-electron chi connectivity index (χ2n) is 4.91. The second kappa shape index (κ2) is 5.97. The van der Waals surface area contributed by atoms with Gasteiger partial charge < -0.3 is 5.32 Å². The first-order valence-electron chi connectivity index (χ1n) is 6.72. The van der Waals surface area contributed by atoms with Crippen molar-refractivity contribution in [2.45, 2.75) is 25.8 Å². The number of piperidine rings is 1. The molecule has 0 bridgehead atoms. The fourth-order valence-electron chi connectivity index (χ4n) is 2.63. The van der Waals surface area contributed by atoms with Crippen LogP contribution in [0, 0.1) is 5.92 Å². The third kappa shape index (κ3) is 2.68. The Kier molecular flexibility index (Phi) is 4.32. The maximum Gasteiger partial charge on any atom is 0.247 e. The Morgan fingerprint density at radius 2 is 2.26 bits per heavy atom. The van der Waals surface area contributed by atoms with Crippen LogP contribution in [0.5, 0.6) is 0 Å². The molecule has 4 nitrogen and oxygen atoms in total. The highest BCUT2D eigenvalue weighted by Gasteiger charge is 2.48. The van der Waals surface area contributed by atoms with Crippen LogP contribution in [0.3, 0.4) is 0 Å². The van der Waals surface area contributed by atoms with Crippen molar-refractivity contribution >= 4 is 11.8 Å². The molecule has 19 heavy (non-hydrogen) atoms. The van der Waals surface area contributed by atoms with Crippen molar-refractivity contribution in [1.82, 2.24) is 10.2 Å². The molecule has 2 heterocycles. The molecule has 0 radical (unpaired) electrons. The largest absolute Gasteiger partial charge is 0.305 e. The molecule has 4 heteroatoms. The summed E-state index contributed by atoms with van der Waals surface area (Å²) in [5, 5.41) is 3.15. The first kappa shape index (κ1) is 13.7. The monoisotopic (exact) mass is 260 g/mol. The molecule has 102 valence electrons. The van der Waals surface area contributed by atoms with Crippen molar-refractivity contribution in [3.63, 3.8) is 0 Å². The van der Waals surface area contributed by atoms with Gasteiger partial charge in [0.15, 0.2) is 0 Å². The molecule has 1 N–H and O–H groups in total. The number of allylic oxidation sites excluding steroid dienone is 3. The predicted molar refractivity (Wildman–Crippen MR) is 74.3 cm³/mol. The highest BCUT2D eigenvalue weighted by molar-refractivity contribution is 6.07. The highest BCUT2D eigenvalue weighted by atomic mass is 16.2. The fraction of sp³-hybridized carbons (Fsp3) is 0.467. The first-order chi connectivity index (χ1) is 9.19. The van der Waals surface area contributed by atoms with E-state index in [1.807, 2.05) is 25.2 Å². The number of nitrogens with zero attached hydrogens (tertiary/aromatic N) is 1. The zero-order chi connectivity index (χ0) is 13.8. The van der Waals surface area contributed by atoms with E-state index in [1.54, 1.807) is 6.08 Å². The van der Waals surface area contributed by atoms with Gasteiger partial charge in [-0.1, -0.05) is 30.9 Å². The molecule has 2 fully saturated rings. The van der Waals surface area contributed by atoms with Gasteiger partial charge in [0, 0.05) is 0 Å². The maximum absolute atomic E-state index is 12.3. The fourth-order valence-corrected chi connectivity index (χ4v) is 2.63. The lowest BCUT2D eigenvalue weighted by Gasteiger charge is -2.21. The summed E-state index contributed by atoms with van der Waals surface area (Å²) in [5.41, 5.74) is 0.874. The third-order valence-electron chi connectivity index (χ3n) is 3.68. The molecular weight excluding hydrogens is 240 g/mol. The molecule has 2 amide bonds. The van der Waals surface area contributed by atoms with Crippen LogP contribution < -0.4 is 5.32 Å². The van der Waals surface area contributed by atoms with Gasteiger partial charge in [0.2, 0.25) is 11.8 Å². The summed E-state index contributed by atoms with van der Waals surface area (Å²) < 4.78 is 0. The molecule has 0 aromatic carbocycles. The molecule has 0 aromatic rings. The van der Waals surface area contributed by atoms with E-state index < -0.39 is 0 Å². The number of carbonyl (C=O) groups is 2. The number of amides is 2. The van der Waals surface area contributed by atoms with E-state index in [9.17, 15) is 9.59 Å². The number of hydrogen-bond acceptors (Lipinski definition) is 3. The predicted octanol–water partition coefficient (Wildman–Crippen LogP) is 1.41. The van der Waals surface area contributed by atoms with Crippen LogP contribution in [-0.2, 0) is 9.59 Å². The Bertz CT molecular complexity index is 427. The Morgan fingerprint density at radius 1 is 1.47 bits per heavy atom. The number of likely N-dealkylation sites (tertiary alicyclic amines) is 1. The number of imide groups is 1. The topological polar surface area (TPSA) is 49.4 Å². The lowest BCUT2D eigenvalue weighted by atomic mass is 9.93. The van der Waals surface area contributed by atoms with Crippen LogP contribution in [0.1, 0.15) is 19.8 Å². The Balaban J connectivity index is 2.14. The van der Waals surface area contributed by atoms with Crippen molar-refractivity contribution in [3.05, 3.63) is 36.5 Å². The maximum atomic E-state index is 12.3. The van der Waals surface area contributed by atoms with E-state index >= 15 is 0 Å². The molecule has 0 aliphatic carbocycles. The first-order valence-corrected chi connectivity index (χ1v) is 6.72. The molecule has 0 spiro atoms. The van der Waals surface area contributed by atoms with E-state index in [2.05, 4.69) is 11.9 Å². The quantitative estimate of drug-likeness (QED) is 0.614. The normalized spacial score (nSPS) is 28.1. The van der Waals surface area contributed by atoms with Gasteiger partial charge >= 0.3 is 0 Å². The molecule has 2 rings (SSSR count). The second-order valence-corrected chi connectivity index (χ2v) is 4.91. The van der Waals surface area contributed by atoms with Crippen LogP contribution >= 0.6 is 0 Å². The van der Waals surface area contributed by atoms with E-state index in [1.165, 1.54) is 4.90 Å². The summed E-state index contributed by atoms with van der Waals surface area (Å²) >= 11 is 0. The zero-order valence-electron chi connectivity index (χ0n) is 11.3. The lowest BCUT2D eigenvalue weighted by Crippen LogP contribution is -2.44. The molecule has 0 aromatic heterocycles. The Labute approximate surface area is 113 Å². The number of fused-ring (bicyclic) bond motifs is 1. The van der Waals surface area contributed by atoms with E-state index in [-0.39, 0.29) is 23.8 Å². The minimum atomic E-state index is -0.311. The molecule has 2 aliphatic rings. The van der Waals surface area contributed by atoms with Gasteiger partial charge in [0.25, 0.3) is 0 Å². The van der Waals surface area contributed by atoms with Crippen LogP contribution in [-0.4, -0.2) is 35.8 Å². The van der Waals surface area contributed by atoms with Gasteiger partial charge in [0.1, 0.15) is 0 Å². The SMILES string of the molecule is C=C/C(=C\C=C/C)CN1C(=O)[C@H]2NCCC[C@H]2C1=O. The molecular formula is C15H20N2O2. The van der Waals surface area contributed by atoms with E-state index in [4.69, 9.17) is 0 Å².